The Hall–Kier alpha value is -3.44. The van der Waals surface area contributed by atoms with Gasteiger partial charge in [-0.1, -0.05) is 64.1 Å². The Morgan fingerprint density at radius 2 is 1.90 bits per heavy atom. The van der Waals surface area contributed by atoms with Crippen molar-refractivity contribution in [2.24, 2.45) is 0 Å². The van der Waals surface area contributed by atoms with E-state index in [1.165, 1.54) is 22.2 Å². The van der Waals surface area contributed by atoms with Gasteiger partial charge in [0.2, 0.25) is 5.91 Å². The molecule has 1 N–H and O–H groups in total. The fourth-order valence-electron chi connectivity index (χ4n) is 5.13. The molecule has 0 saturated carbocycles. The second-order valence-electron chi connectivity index (χ2n) is 9.94. The molecule has 0 unspecified atom stereocenters. The van der Waals surface area contributed by atoms with E-state index in [-0.39, 0.29) is 17.2 Å². The van der Waals surface area contributed by atoms with E-state index in [2.05, 4.69) is 50.4 Å². The Balaban J connectivity index is 1.33. The van der Waals surface area contributed by atoms with Gasteiger partial charge in [0.1, 0.15) is 10.6 Å². The SMILES string of the molecule is CCOc1ccc(-n2c(SCC(=O)Nc3cccc(Br)c3)nc3sc4c(c3c2=O)CCN(Cc2ccccc2)C4)cc1. The molecule has 6 rings (SSSR count). The Morgan fingerprint density at radius 1 is 1.10 bits per heavy atom. The third kappa shape index (κ3) is 6.32. The van der Waals surface area contributed by atoms with Crippen LogP contribution in [-0.4, -0.2) is 39.3 Å². The summed E-state index contributed by atoms with van der Waals surface area (Å²) in [5.74, 6) is 0.669. The van der Waals surface area contributed by atoms with Crippen LogP contribution in [0.25, 0.3) is 15.9 Å². The number of anilines is 1. The number of nitrogens with one attached hydrogen (secondary N) is 1. The van der Waals surface area contributed by atoms with Crippen LogP contribution in [0.5, 0.6) is 5.75 Å². The molecule has 1 aliphatic rings. The van der Waals surface area contributed by atoms with Crippen molar-refractivity contribution in [2.75, 3.05) is 24.2 Å². The van der Waals surface area contributed by atoms with Crippen LogP contribution in [0.3, 0.4) is 0 Å². The Morgan fingerprint density at radius 3 is 2.67 bits per heavy atom. The summed E-state index contributed by atoms with van der Waals surface area (Å²) < 4.78 is 8.14. The summed E-state index contributed by atoms with van der Waals surface area (Å²) in [4.78, 5) is 36.4. The Kier molecular flexibility index (Phi) is 8.76. The topological polar surface area (TPSA) is 76.5 Å². The van der Waals surface area contributed by atoms with Crippen molar-refractivity contribution in [1.82, 2.24) is 14.5 Å². The number of rotatable bonds is 9. The average Bonchev–Trinajstić information content (AvgIpc) is 3.35. The van der Waals surface area contributed by atoms with E-state index in [1.807, 2.05) is 61.5 Å². The van der Waals surface area contributed by atoms with Gasteiger partial charge in [-0.2, -0.15) is 0 Å². The zero-order valence-electron chi connectivity index (χ0n) is 23.0. The van der Waals surface area contributed by atoms with Crippen LogP contribution < -0.4 is 15.6 Å². The van der Waals surface area contributed by atoms with E-state index in [0.717, 1.165) is 46.7 Å². The number of halogens is 1. The number of benzene rings is 3. The third-order valence-electron chi connectivity index (χ3n) is 7.02. The van der Waals surface area contributed by atoms with Crippen LogP contribution in [0.4, 0.5) is 5.69 Å². The van der Waals surface area contributed by atoms with Crippen LogP contribution in [0.2, 0.25) is 0 Å². The predicted octanol–water partition coefficient (Wildman–Crippen LogP) is 6.90. The van der Waals surface area contributed by atoms with Crippen molar-refractivity contribution in [2.45, 2.75) is 31.6 Å². The van der Waals surface area contributed by atoms with Gasteiger partial charge in [-0.05, 0) is 66.9 Å². The highest BCUT2D eigenvalue weighted by Crippen LogP contribution is 2.35. The molecule has 0 bridgehead atoms. The molecule has 0 spiro atoms. The number of amides is 1. The first-order valence-electron chi connectivity index (χ1n) is 13.7. The van der Waals surface area contributed by atoms with Gasteiger partial charge in [0, 0.05) is 34.7 Å². The molecule has 0 aliphatic carbocycles. The molecule has 10 heteroatoms. The van der Waals surface area contributed by atoms with Crippen molar-refractivity contribution in [3.63, 3.8) is 0 Å². The lowest BCUT2D eigenvalue weighted by atomic mass is 10.0. The van der Waals surface area contributed by atoms with Crippen LogP contribution in [0, 0.1) is 0 Å². The molecule has 7 nitrogen and oxygen atoms in total. The van der Waals surface area contributed by atoms with Gasteiger partial charge >= 0.3 is 0 Å². The van der Waals surface area contributed by atoms with Gasteiger partial charge in [0.25, 0.3) is 5.56 Å². The lowest BCUT2D eigenvalue weighted by molar-refractivity contribution is -0.113. The maximum absolute atomic E-state index is 14.2. The van der Waals surface area contributed by atoms with Crippen LogP contribution >= 0.6 is 39.0 Å². The van der Waals surface area contributed by atoms with E-state index >= 15 is 0 Å². The molecule has 3 heterocycles. The zero-order valence-corrected chi connectivity index (χ0v) is 26.2. The molecule has 0 atom stereocenters. The van der Waals surface area contributed by atoms with Crippen molar-refractivity contribution < 1.29 is 9.53 Å². The van der Waals surface area contributed by atoms with Gasteiger partial charge < -0.3 is 10.1 Å². The van der Waals surface area contributed by atoms with E-state index in [0.29, 0.717) is 28.5 Å². The van der Waals surface area contributed by atoms with Gasteiger partial charge in [-0.25, -0.2) is 4.98 Å². The number of carbonyl (C=O) groups is 1. The molecule has 0 saturated heterocycles. The maximum Gasteiger partial charge on any atom is 0.267 e. The highest BCUT2D eigenvalue weighted by Gasteiger charge is 2.26. The van der Waals surface area contributed by atoms with Crippen molar-refractivity contribution in [1.29, 1.82) is 0 Å². The zero-order chi connectivity index (χ0) is 29.1. The third-order valence-corrected chi connectivity index (χ3v) is 9.56. The molecule has 5 aromatic rings. The number of hydrogen-bond donors (Lipinski definition) is 1. The van der Waals surface area contributed by atoms with Gasteiger partial charge in [-0.3, -0.25) is 19.1 Å². The molecule has 3 aromatic carbocycles. The minimum absolute atomic E-state index is 0.104. The number of fused-ring (bicyclic) bond motifs is 3. The second kappa shape index (κ2) is 12.8. The molecule has 214 valence electrons. The average molecular weight is 662 g/mol. The number of carbonyl (C=O) groups excluding carboxylic acids is 1. The van der Waals surface area contributed by atoms with Crippen LogP contribution in [0.1, 0.15) is 22.9 Å². The van der Waals surface area contributed by atoms with Gasteiger partial charge in [-0.15, -0.1) is 11.3 Å². The number of ether oxygens (including phenoxy) is 1. The highest BCUT2D eigenvalue weighted by atomic mass is 79.9. The van der Waals surface area contributed by atoms with E-state index in [1.54, 1.807) is 15.9 Å². The molecule has 0 radical (unpaired) electrons. The summed E-state index contributed by atoms with van der Waals surface area (Å²) in [5, 5.41) is 4.10. The molecule has 2 aromatic heterocycles. The molecular formula is C32H29BrN4O3S2. The Bertz CT molecular complexity index is 1790. The molecule has 1 amide bonds. The van der Waals surface area contributed by atoms with E-state index in [4.69, 9.17) is 9.72 Å². The van der Waals surface area contributed by atoms with Crippen LogP contribution in [0.15, 0.2) is 93.3 Å². The summed E-state index contributed by atoms with van der Waals surface area (Å²) in [6.45, 7) is 5.02. The highest BCUT2D eigenvalue weighted by molar-refractivity contribution is 9.10. The predicted molar refractivity (Wildman–Crippen MR) is 174 cm³/mol. The summed E-state index contributed by atoms with van der Waals surface area (Å²) >= 11 is 6.28. The number of thioether (sulfide) groups is 1. The largest absolute Gasteiger partial charge is 0.494 e. The van der Waals surface area contributed by atoms with E-state index < -0.39 is 0 Å². The first-order chi connectivity index (χ1) is 20.5. The normalized spacial score (nSPS) is 13.2. The quantitative estimate of drug-likeness (QED) is 0.137. The van der Waals surface area contributed by atoms with Crippen molar-refractivity contribution in [3.05, 3.63) is 110 Å². The lowest BCUT2D eigenvalue weighted by Gasteiger charge is -2.26. The number of nitrogens with zero attached hydrogens (tertiary/aromatic N) is 3. The van der Waals surface area contributed by atoms with E-state index in [9.17, 15) is 9.59 Å². The summed E-state index contributed by atoms with van der Waals surface area (Å²) in [5.41, 5.74) is 3.66. The smallest absolute Gasteiger partial charge is 0.267 e. The first kappa shape index (κ1) is 28.7. The van der Waals surface area contributed by atoms with Gasteiger partial charge in [0.15, 0.2) is 5.16 Å². The second-order valence-corrected chi connectivity index (χ2v) is 12.9. The summed E-state index contributed by atoms with van der Waals surface area (Å²) in [6.07, 6.45) is 0.796. The number of thiophene rings is 1. The number of hydrogen-bond acceptors (Lipinski definition) is 7. The molecule has 1 aliphatic heterocycles. The molecule has 0 fully saturated rings. The van der Waals surface area contributed by atoms with Crippen molar-refractivity contribution >= 4 is 60.8 Å². The summed E-state index contributed by atoms with van der Waals surface area (Å²) in [6, 6.07) is 25.4. The maximum atomic E-state index is 14.2. The molecule has 42 heavy (non-hydrogen) atoms. The monoisotopic (exact) mass is 660 g/mol. The van der Waals surface area contributed by atoms with Crippen molar-refractivity contribution in [3.8, 4) is 11.4 Å². The number of aromatic nitrogens is 2. The fourth-order valence-corrected chi connectivity index (χ4v) is 7.64. The summed E-state index contributed by atoms with van der Waals surface area (Å²) in [7, 11) is 0. The molecular weight excluding hydrogens is 632 g/mol. The minimum atomic E-state index is -0.173. The lowest BCUT2D eigenvalue weighted by Crippen LogP contribution is -2.30. The van der Waals surface area contributed by atoms with Gasteiger partial charge in [0.05, 0.1) is 23.4 Å². The first-order valence-corrected chi connectivity index (χ1v) is 16.3. The van der Waals surface area contributed by atoms with Crippen LogP contribution in [-0.2, 0) is 24.3 Å². The fraction of sp³-hybridized carbons (Fsp3) is 0.219. The Labute approximate surface area is 260 Å². The minimum Gasteiger partial charge on any atom is -0.494 e. The standard InChI is InChI=1S/C32H29BrN4O3S2/c1-2-40-25-13-11-24(12-14-25)37-31(39)29-26-15-16-36(18-21-7-4-3-5-8-21)19-27(26)42-30(29)35-32(37)41-20-28(38)34-23-10-6-9-22(33)17-23/h3-14,17H,2,15-16,18-20H2,1H3,(H,34,38).